The predicted molar refractivity (Wildman–Crippen MR) is 181 cm³/mol. The van der Waals surface area contributed by atoms with E-state index in [1.165, 1.54) is 11.1 Å². The molecule has 3 saturated carbocycles. The van der Waals surface area contributed by atoms with Crippen LogP contribution in [-0.2, 0) is 19.1 Å². The number of carbonyl (C=O) groups is 3. The van der Waals surface area contributed by atoms with E-state index in [9.17, 15) is 24.6 Å². The topological polar surface area (TPSA) is 104 Å². The molecule has 0 aromatic heterocycles. The fraction of sp³-hybridized carbons (Fsp3) is 0.553. The number of fused-ring (bicyclic) bond motifs is 5. The highest BCUT2D eigenvalue weighted by Crippen LogP contribution is 2.66. The summed E-state index contributed by atoms with van der Waals surface area (Å²) in [5.41, 5.74) is 0.850. The lowest BCUT2D eigenvalue weighted by molar-refractivity contribution is -0.170. The van der Waals surface area contributed by atoms with E-state index >= 15 is 0 Å². The number of hydrogen-bond donors (Lipinski definition) is 2. The number of benzene rings is 2. The van der Waals surface area contributed by atoms with Crippen LogP contribution in [0.5, 0.6) is 0 Å². The zero-order valence-corrected chi connectivity index (χ0v) is 28.4. The van der Waals surface area contributed by atoms with E-state index in [0.717, 1.165) is 31.6 Å². The lowest BCUT2D eigenvalue weighted by atomic mass is 9.46. The van der Waals surface area contributed by atoms with Crippen LogP contribution in [0.15, 0.2) is 72.3 Å². The van der Waals surface area contributed by atoms with Crippen molar-refractivity contribution in [1.29, 1.82) is 0 Å². The number of halogens is 1. The summed E-state index contributed by atoms with van der Waals surface area (Å²) in [6, 6.07) is 20.8. The van der Waals surface area contributed by atoms with E-state index in [0.29, 0.717) is 25.7 Å². The standard InChI is InChI=1S/C21H28O5.C17H21NO.ClH/c1-19-7-5-13(23)9-12(19)3-4-14-15-6-8-21(26,17(25)11-22)20(15,2)10-16(24)18(14)19;1-18(2)13-14-19-17(15-9-5-3-6-10-15)16-11-7-4-8-12-16;/h9,14-15,18,22,26H,3-8,10-11H2,1-2H3;3-12,17H,13-14H2,1-2H3;1H/t14-,15-,18+,19-,20-,21-;;/m0../s1. The van der Waals surface area contributed by atoms with Gasteiger partial charge in [-0.1, -0.05) is 80.1 Å². The van der Waals surface area contributed by atoms with Gasteiger partial charge in [-0.2, -0.15) is 0 Å². The van der Waals surface area contributed by atoms with Crippen LogP contribution >= 0.6 is 12.4 Å². The summed E-state index contributed by atoms with van der Waals surface area (Å²) >= 11 is 0. The Morgan fingerprint density at radius 1 is 0.957 bits per heavy atom. The minimum Gasteiger partial charge on any atom is -0.388 e. The Morgan fingerprint density at radius 3 is 2.13 bits per heavy atom. The molecular formula is C38H50ClNO6. The molecule has 2 aromatic carbocycles. The van der Waals surface area contributed by atoms with Crippen LogP contribution in [0.3, 0.4) is 0 Å². The molecule has 0 unspecified atom stereocenters. The van der Waals surface area contributed by atoms with Crippen LogP contribution in [0.4, 0.5) is 0 Å². The van der Waals surface area contributed by atoms with Crippen molar-refractivity contribution in [3.63, 3.8) is 0 Å². The Hall–Kier alpha value is -2.68. The molecule has 46 heavy (non-hydrogen) atoms. The Labute approximate surface area is 279 Å². The van der Waals surface area contributed by atoms with Crippen molar-refractivity contribution in [2.45, 2.75) is 70.5 Å². The number of ether oxygens (including phenoxy) is 1. The Balaban J connectivity index is 0.000000215. The number of likely N-dealkylation sites (N-methyl/N-ethyl adjacent to an activating group) is 1. The van der Waals surface area contributed by atoms with Crippen LogP contribution in [0.2, 0.25) is 0 Å². The van der Waals surface area contributed by atoms with Gasteiger partial charge in [0.2, 0.25) is 0 Å². The van der Waals surface area contributed by atoms with Gasteiger partial charge in [0, 0.05) is 30.7 Å². The first kappa shape index (κ1) is 36.2. The number of nitrogens with zero attached hydrogens (tertiary/aromatic N) is 1. The van der Waals surface area contributed by atoms with Crippen LogP contribution < -0.4 is 0 Å². The van der Waals surface area contributed by atoms with Gasteiger partial charge >= 0.3 is 0 Å². The number of ketones is 3. The maximum atomic E-state index is 13.3. The molecule has 0 radical (unpaired) electrons. The fourth-order valence-corrected chi connectivity index (χ4v) is 8.97. The SMILES string of the molecule is CN(C)CCOC(c1ccccc1)c1ccccc1.C[C@]12CCC(=O)C=C1CC[C@@H]1[C@@H]2C(=O)C[C@@]2(C)[C@H]1CC[C@]2(O)C(=O)CO.Cl. The van der Waals surface area contributed by atoms with E-state index in [4.69, 9.17) is 4.74 Å². The highest BCUT2D eigenvalue weighted by atomic mass is 35.5. The molecule has 6 rings (SSSR count). The number of Topliss-reactive ketones (excluding diaryl/α,β-unsaturated/α-hetero) is 2. The van der Waals surface area contributed by atoms with Gasteiger partial charge in [-0.05, 0) is 80.7 Å². The van der Waals surface area contributed by atoms with Gasteiger partial charge < -0.3 is 19.8 Å². The minimum atomic E-state index is -1.60. The van der Waals surface area contributed by atoms with E-state index in [1.807, 2.05) is 19.1 Å². The normalized spacial score (nSPS) is 31.6. The molecule has 4 aliphatic carbocycles. The zero-order chi connectivity index (χ0) is 32.4. The van der Waals surface area contributed by atoms with Gasteiger partial charge in [-0.25, -0.2) is 0 Å². The number of hydrogen-bond acceptors (Lipinski definition) is 7. The number of aliphatic hydroxyl groups is 2. The minimum absolute atomic E-state index is 0. The quantitative estimate of drug-likeness (QED) is 0.374. The van der Waals surface area contributed by atoms with E-state index in [1.54, 1.807) is 6.08 Å². The Morgan fingerprint density at radius 2 is 1.57 bits per heavy atom. The van der Waals surface area contributed by atoms with E-state index in [2.05, 4.69) is 74.4 Å². The number of aliphatic hydroxyl groups excluding tert-OH is 1. The molecule has 8 heteroatoms. The second kappa shape index (κ2) is 14.6. The maximum absolute atomic E-state index is 13.3. The maximum Gasteiger partial charge on any atom is 0.190 e. The summed E-state index contributed by atoms with van der Waals surface area (Å²) in [6.07, 6.45) is 5.84. The van der Waals surface area contributed by atoms with Gasteiger partial charge in [0.1, 0.15) is 24.1 Å². The highest BCUT2D eigenvalue weighted by molar-refractivity contribution is 5.94. The van der Waals surface area contributed by atoms with Crippen molar-refractivity contribution in [2.24, 2.45) is 28.6 Å². The molecule has 0 spiro atoms. The number of carbonyl (C=O) groups excluding carboxylic acids is 3. The van der Waals surface area contributed by atoms with Gasteiger partial charge in [-0.15, -0.1) is 12.4 Å². The molecule has 2 aromatic rings. The lowest BCUT2D eigenvalue weighted by Gasteiger charge is -2.57. The molecule has 250 valence electrons. The molecule has 7 nitrogen and oxygen atoms in total. The first-order valence-electron chi connectivity index (χ1n) is 16.4. The molecule has 2 N–H and O–H groups in total. The summed E-state index contributed by atoms with van der Waals surface area (Å²) in [6.45, 7) is 4.96. The summed E-state index contributed by atoms with van der Waals surface area (Å²) in [4.78, 5) is 39.7. The van der Waals surface area contributed by atoms with Gasteiger partial charge in [0.15, 0.2) is 11.6 Å². The van der Waals surface area contributed by atoms with Crippen LogP contribution in [0, 0.1) is 28.6 Å². The van der Waals surface area contributed by atoms with Gasteiger partial charge in [0.25, 0.3) is 0 Å². The summed E-state index contributed by atoms with van der Waals surface area (Å²) in [5, 5.41) is 20.5. The van der Waals surface area contributed by atoms with Crippen molar-refractivity contribution in [2.75, 3.05) is 33.9 Å². The third-order valence-electron chi connectivity index (χ3n) is 11.4. The Kier molecular flexibility index (Phi) is 11.5. The molecule has 0 amide bonds. The molecule has 0 saturated heterocycles. The third-order valence-corrected chi connectivity index (χ3v) is 11.4. The monoisotopic (exact) mass is 651 g/mol. The van der Waals surface area contributed by atoms with Crippen LogP contribution in [0.1, 0.15) is 76.0 Å². The van der Waals surface area contributed by atoms with E-state index < -0.39 is 23.4 Å². The summed E-state index contributed by atoms with van der Waals surface area (Å²) < 4.78 is 6.08. The summed E-state index contributed by atoms with van der Waals surface area (Å²) in [5.74, 6) is -0.172. The molecular weight excluding hydrogens is 602 g/mol. The Bertz CT molecular complexity index is 1370. The zero-order valence-electron chi connectivity index (χ0n) is 27.6. The molecule has 6 atom stereocenters. The molecule has 3 fully saturated rings. The third kappa shape index (κ3) is 6.67. The van der Waals surface area contributed by atoms with Gasteiger partial charge in [-0.3, -0.25) is 14.4 Å². The predicted octanol–water partition coefficient (Wildman–Crippen LogP) is 5.77. The molecule has 0 bridgehead atoms. The van der Waals surface area contributed by atoms with Gasteiger partial charge in [0.05, 0.1) is 6.61 Å². The largest absolute Gasteiger partial charge is 0.388 e. The number of allylic oxidation sites excluding steroid dienone is 1. The molecule has 0 aliphatic heterocycles. The first-order chi connectivity index (χ1) is 21.4. The molecule has 4 aliphatic rings. The molecule has 0 heterocycles. The van der Waals surface area contributed by atoms with Crippen LogP contribution in [-0.4, -0.2) is 71.9 Å². The fourth-order valence-electron chi connectivity index (χ4n) is 8.97. The smallest absolute Gasteiger partial charge is 0.190 e. The van der Waals surface area contributed by atoms with Crippen molar-refractivity contribution < 1.29 is 29.3 Å². The van der Waals surface area contributed by atoms with Crippen molar-refractivity contribution in [3.05, 3.63) is 83.4 Å². The second-order valence-corrected chi connectivity index (χ2v) is 14.3. The number of rotatable bonds is 8. The summed E-state index contributed by atoms with van der Waals surface area (Å²) in [7, 11) is 4.12. The average Bonchev–Trinajstić information content (AvgIpc) is 3.30. The van der Waals surface area contributed by atoms with E-state index in [-0.39, 0.29) is 59.7 Å². The van der Waals surface area contributed by atoms with Crippen molar-refractivity contribution >= 4 is 29.8 Å². The van der Waals surface area contributed by atoms with Crippen LogP contribution in [0.25, 0.3) is 0 Å². The highest BCUT2D eigenvalue weighted by Gasteiger charge is 2.68. The van der Waals surface area contributed by atoms with Crippen molar-refractivity contribution in [3.8, 4) is 0 Å². The average molecular weight is 652 g/mol. The lowest BCUT2D eigenvalue weighted by Crippen LogP contribution is -2.60. The first-order valence-corrected chi connectivity index (χ1v) is 16.4. The second-order valence-electron chi connectivity index (χ2n) is 14.3. The van der Waals surface area contributed by atoms with Crippen molar-refractivity contribution in [1.82, 2.24) is 4.90 Å².